The fourth-order valence-corrected chi connectivity index (χ4v) is 1.21. The first kappa shape index (κ1) is 10.0. The lowest BCUT2D eigenvalue weighted by Gasteiger charge is -2.03. The molecule has 0 aromatic carbocycles. The van der Waals surface area contributed by atoms with Crippen LogP contribution in [-0.4, -0.2) is 9.97 Å². The molecular weight excluding hydrogens is 186 g/mol. The highest BCUT2D eigenvalue weighted by Gasteiger charge is 2.01. The molecule has 2 heterocycles. The number of nitrogens with zero attached hydrogens (tertiary/aromatic N) is 1. The summed E-state index contributed by atoms with van der Waals surface area (Å²) in [4.78, 5) is 7.26. The molecule has 0 aliphatic rings. The Balaban J connectivity index is 0.000000845. The third kappa shape index (κ3) is 1.82. The molecule has 4 heteroatoms. The summed E-state index contributed by atoms with van der Waals surface area (Å²) in [5.74, 6) is 0. The summed E-state index contributed by atoms with van der Waals surface area (Å²) in [6, 6.07) is 4.11. The van der Waals surface area contributed by atoms with Crippen molar-refractivity contribution < 1.29 is 0 Å². The van der Waals surface area contributed by atoms with Crippen LogP contribution in [0.25, 0.3) is 11.0 Å². The molecule has 0 aliphatic carbocycles. The van der Waals surface area contributed by atoms with E-state index in [4.69, 9.17) is 5.73 Å². The Morgan fingerprint density at radius 3 is 3.00 bits per heavy atom. The molecule has 70 valence electrons. The minimum absolute atomic E-state index is 0. The van der Waals surface area contributed by atoms with Crippen molar-refractivity contribution in [1.29, 1.82) is 0 Å². The number of nitrogens with one attached hydrogen (secondary N) is 1. The number of fused-ring (bicyclic) bond motifs is 1. The lowest BCUT2D eigenvalue weighted by Crippen LogP contribution is -2.04. The van der Waals surface area contributed by atoms with E-state index in [-0.39, 0.29) is 18.4 Å². The van der Waals surface area contributed by atoms with Gasteiger partial charge in [-0.25, -0.2) is 4.98 Å². The Hall–Kier alpha value is -1.06. The van der Waals surface area contributed by atoms with Gasteiger partial charge >= 0.3 is 0 Å². The zero-order chi connectivity index (χ0) is 8.55. The van der Waals surface area contributed by atoms with Gasteiger partial charge in [-0.2, -0.15) is 0 Å². The van der Waals surface area contributed by atoms with Crippen LogP contribution in [0.4, 0.5) is 0 Å². The average Bonchev–Trinajstić information content (AvgIpc) is 2.49. The van der Waals surface area contributed by atoms with Crippen molar-refractivity contribution >= 4 is 23.4 Å². The zero-order valence-corrected chi connectivity index (χ0v) is 8.14. The van der Waals surface area contributed by atoms with E-state index in [1.54, 1.807) is 0 Å². The summed E-state index contributed by atoms with van der Waals surface area (Å²) in [7, 11) is 0. The van der Waals surface area contributed by atoms with E-state index in [9.17, 15) is 0 Å². The number of hydrogen-bond donors (Lipinski definition) is 2. The molecule has 0 radical (unpaired) electrons. The second kappa shape index (κ2) is 3.77. The van der Waals surface area contributed by atoms with Crippen molar-refractivity contribution in [3.05, 3.63) is 30.1 Å². The molecule has 0 fully saturated rings. The maximum Gasteiger partial charge on any atom is 0.137 e. The van der Waals surface area contributed by atoms with E-state index >= 15 is 0 Å². The van der Waals surface area contributed by atoms with E-state index < -0.39 is 0 Å². The van der Waals surface area contributed by atoms with Gasteiger partial charge in [0.2, 0.25) is 0 Å². The molecule has 3 N–H and O–H groups in total. The van der Waals surface area contributed by atoms with E-state index in [1.165, 1.54) is 0 Å². The van der Waals surface area contributed by atoms with Crippen molar-refractivity contribution in [1.82, 2.24) is 9.97 Å². The van der Waals surface area contributed by atoms with Crippen LogP contribution in [0.1, 0.15) is 18.5 Å². The van der Waals surface area contributed by atoms with Crippen LogP contribution in [0, 0.1) is 0 Å². The SMILES string of the molecule is C[C@H](N)c1cnc2[nH]ccc2c1.Cl. The van der Waals surface area contributed by atoms with Gasteiger partial charge in [0.1, 0.15) is 5.65 Å². The van der Waals surface area contributed by atoms with Gasteiger partial charge in [0.25, 0.3) is 0 Å². The standard InChI is InChI=1S/C9H11N3.ClH/c1-6(10)8-4-7-2-3-11-9(7)12-5-8;/h2-6H,10H2,1H3,(H,11,12);1H/t6-;/m0./s1. The molecule has 0 saturated heterocycles. The van der Waals surface area contributed by atoms with E-state index in [0.717, 1.165) is 16.6 Å². The average molecular weight is 198 g/mol. The van der Waals surface area contributed by atoms with Crippen molar-refractivity contribution in [2.45, 2.75) is 13.0 Å². The van der Waals surface area contributed by atoms with Crippen LogP contribution in [-0.2, 0) is 0 Å². The number of halogens is 1. The molecule has 2 rings (SSSR count). The quantitative estimate of drug-likeness (QED) is 0.735. The van der Waals surface area contributed by atoms with Crippen LogP contribution >= 0.6 is 12.4 Å². The van der Waals surface area contributed by atoms with Gasteiger partial charge in [0.15, 0.2) is 0 Å². The van der Waals surface area contributed by atoms with Crippen LogP contribution < -0.4 is 5.73 Å². The number of H-pyrrole nitrogens is 1. The van der Waals surface area contributed by atoms with Gasteiger partial charge in [-0.1, -0.05) is 0 Å². The summed E-state index contributed by atoms with van der Waals surface area (Å²) in [5.41, 5.74) is 7.71. The Kier molecular flexibility index (Phi) is 2.90. The van der Waals surface area contributed by atoms with Crippen molar-refractivity contribution in [3.8, 4) is 0 Å². The van der Waals surface area contributed by atoms with Gasteiger partial charge in [-0.05, 0) is 24.6 Å². The van der Waals surface area contributed by atoms with Crippen LogP contribution in [0.2, 0.25) is 0 Å². The minimum Gasteiger partial charge on any atom is -0.346 e. The molecule has 2 aromatic heterocycles. The van der Waals surface area contributed by atoms with Gasteiger partial charge in [-0.15, -0.1) is 12.4 Å². The van der Waals surface area contributed by atoms with E-state index in [1.807, 2.05) is 25.4 Å². The Labute approximate surface area is 82.8 Å². The molecule has 13 heavy (non-hydrogen) atoms. The highest BCUT2D eigenvalue weighted by atomic mass is 35.5. The molecule has 0 bridgehead atoms. The molecule has 3 nitrogen and oxygen atoms in total. The largest absolute Gasteiger partial charge is 0.346 e. The molecular formula is C9H12ClN3. The first-order valence-corrected chi connectivity index (χ1v) is 3.96. The molecule has 0 amide bonds. The number of hydrogen-bond acceptors (Lipinski definition) is 2. The normalized spacial score (nSPS) is 12.5. The summed E-state index contributed by atoms with van der Waals surface area (Å²) in [5, 5.41) is 1.12. The molecule has 1 atom stereocenters. The van der Waals surface area contributed by atoms with Crippen molar-refractivity contribution in [3.63, 3.8) is 0 Å². The molecule has 0 aliphatic heterocycles. The lowest BCUT2D eigenvalue weighted by atomic mass is 10.1. The second-order valence-electron chi connectivity index (χ2n) is 2.97. The van der Waals surface area contributed by atoms with Crippen molar-refractivity contribution in [2.24, 2.45) is 5.73 Å². The Morgan fingerprint density at radius 1 is 1.54 bits per heavy atom. The van der Waals surface area contributed by atoms with Gasteiger partial charge < -0.3 is 10.7 Å². The molecule has 2 aromatic rings. The fraction of sp³-hybridized carbons (Fsp3) is 0.222. The van der Waals surface area contributed by atoms with E-state index in [2.05, 4.69) is 16.0 Å². The lowest BCUT2D eigenvalue weighted by molar-refractivity contribution is 0.814. The third-order valence-corrected chi connectivity index (χ3v) is 1.95. The molecule has 0 spiro atoms. The number of nitrogens with two attached hydrogens (primary N) is 1. The highest BCUT2D eigenvalue weighted by Crippen LogP contribution is 2.14. The van der Waals surface area contributed by atoms with E-state index in [0.29, 0.717) is 0 Å². The fourth-order valence-electron chi connectivity index (χ4n) is 1.21. The number of pyridine rings is 1. The number of aromatic nitrogens is 2. The van der Waals surface area contributed by atoms with Gasteiger partial charge in [-0.3, -0.25) is 0 Å². The second-order valence-corrected chi connectivity index (χ2v) is 2.97. The summed E-state index contributed by atoms with van der Waals surface area (Å²) >= 11 is 0. The highest BCUT2D eigenvalue weighted by molar-refractivity contribution is 5.85. The predicted molar refractivity (Wildman–Crippen MR) is 55.9 cm³/mol. The Bertz CT molecular complexity index is 394. The van der Waals surface area contributed by atoms with Gasteiger partial charge in [0, 0.05) is 23.8 Å². The maximum absolute atomic E-state index is 5.72. The van der Waals surface area contributed by atoms with Crippen molar-refractivity contribution in [2.75, 3.05) is 0 Å². The first-order valence-electron chi connectivity index (χ1n) is 3.96. The monoisotopic (exact) mass is 197 g/mol. The van der Waals surface area contributed by atoms with Crippen LogP contribution in [0.15, 0.2) is 24.5 Å². The topological polar surface area (TPSA) is 54.7 Å². The minimum atomic E-state index is 0. The van der Waals surface area contributed by atoms with Gasteiger partial charge in [0.05, 0.1) is 0 Å². The van der Waals surface area contributed by atoms with Crippen LogP contribution in [0.5, 0.6) is 0 Å². The van der Waals surface area contributed by atoms with Crippen LogP contribution in [0.3, 0.4) is 0 Å². The zero-order valence-electron chi connectivity index (χ0n) is 7.32. The summed E-state index contributed by atoms with van der Waals surface area (Å²) < 4.78 is 0. The Morgan fingerprint density at radius 2 is 2.31 bits per heavy atom. The predicted octanol–water partition coefficient (Wildman–Crippen LogP) is 2.00. The smallest absolute Gasteiger partial charge is 0.137 e. The summed E-state index contributed by atoms with van der Waals surface area (Å²) in [6.45, 7) is 1.95. The maximum atomic E-state index is 5.72. The first-order chi connectivity index (χ1) is 5.77. The summed E-state index contributed by atoms with van der Waals surface area (Å²) in [6.07, 6.45) is 3.69. The molecule has 0 unspecified atom stereocenters. The third-order valence-electron chi connectivity index (χ3n) is 1.95. The number of rotatable bonds is 1. The molecule has 0 saturated carbocycles. The number of aromatic amines is 1.